The Balaban J connectivity index is 2.48. The van der Waals surface area contributed by atoms with Crippen molar-refractivity contribution in [2.24, 2.45) is 0 Å². The highest BCUT2D eigenvalue weighted by Gasteiger charge is 2.73. The lowest BCUT2D eigenvalue weighted by molar-refractivity contribution is -0.359. The van der Waals surface area contributed by atoms with Crippen LogP contribution in [0.5, 0.6) is 11.5 Å². The van der Waals surface area contributed by atoms with Gasteiger partial charge in [0.25, 0.3) is 0 Å². The van der Waals surface area contributed by atoms with Crippen molar-refractivity contribution in [2.45, 2.75) is 31.6 Å². The topological polar surface area (TPSA) is 30.5 Å². The summed E-state index contributed by atoms with van der Waals surface area (Å²) in [6.07, 6.45) is -6.56. The summed E-state index contributed by atoms with van der Waals surface area (Å²) in [4.78, 5) is 0. The molecule has 0 aliphatic rings. The molecule has 170 valence electrons. The van der Waals surface area contributed by atoms with E-state index in [0.29, 0.717) is 11.3 Å². The van der Waals surface area contributed by atoms with Crippen LogP contribution in [0.2, 0.25) is 0 Å². The lowest BCUT2D eigenvalue weighted by Crippen LogP contribution is -2.50. The summed E-state index contributed by atoms with van der Waals surface area (Å²) in [5.41, 5.74) is -1.85. The second-order valence-corrected chi connectivity index (χ2v) is 6.52. The van der Waals surface area contributed by atoms with Crippen LogP contribution in [0.3, 0.4) is 0 Å². The van der Waals surface area contributed by atoms with E-state index in [1.165, 1.54) is 26.2 Å². The van der Waals surface area contributed by atoms with Gasteiger partial charge in [-0.3, -0.25) is 0 Å². The second-order valence-electron chi connectivity index (χ2n) is 6.52. The maximum Gasteiger partial charge on any atom is 0.460 e. The monoisotopic (exact) mass is 455 g/mol. The van der Waals surface area contributed by atoms with E-state index in [-0.39, 0.29) is 24.4 Å². The van der Waals surface area contributed by atoms with Crippen LogP contribution in [0.1, 0.15) is 18.1 Å². The molecular formula is C20H17F8NO2. The Morgan fingerprint density at radius 1 is 1.00 bits per heavy atom. The van der Waals surface area contributed by atoms with Crippen molar-refractivity contribution in [1.29, 1.82) is 0 Å². The maximum absolute atomic E-state index is 14.5. The van der Waals surface area contributed by atoms with Gasteiger partial charge >= 0.3 is 18.0 Å². The minimum Gasteiger partial charge on any atom is -0.497 e. The molecular weight excluding hydrogens is 438 g/mol. The number of hydrogen-bond donors (Lipinski definition) is 1. The molecule has 31 heavy (non-hydrogen) atoms. The lowest BCUT2D eigenvalue weighted by Gasteiger charge is -2.29. The molecule has 0 bridgehead atoms. The molecule has 0 atom stereocenters. The minimum atomic E-state index is -6.56. The van der Waals surface area contributed by atoms with Crippen LogP contribution in [0.25, 0.3) is 0 Å². The van der Waals surface area contributed by atoms with E-state index in [4.69, 9.17) is 9.47 Å². The van der Waals surface area contributed by atoms with Crippen molar-refractivity contribution in [3.05, 3.63) is 65.6 Å². The zero-order valence-electron chi connectivity index (χ0n) is 16.2. The van der Waals surface area contributed by atoms with E-state index in [1.54, 1.807) is 12.1 Å². The molecule has 0 aliphatic carbocycles. The number of methoxy groups -OCH3 is 1. The number of alkyl halides is 7. The van der Waals surface area contributed by atoms with Gasteiger partial charge in [0, 0.05) is 11.3 Å². The Morgan fingerprint density at radius 2 is 1.58 bits per heavy atom. The SMILES string of the molecule is C=C(C)Nc1c(F)cc(C(F)(F)C(F)(F)C(F)(F)F)cc1OCc1ccc(OC)cc1. The number of nitrogens with one attached hydrogen (secondary N) is 1. The average Bonchev–Trinajstić information content (AvgIpc) is 2.67. The van der Waals surface area contributed by atoms with Gasteiger partial charge in [0.2, 0.25) is 0 Å². The van der Waals surface area contributed by atoms with Crippen LogP contribution < -0.4 is 14.8 Å². The molecule has 0 saturated heterocycles. The first-order valence-corrected chi connectivity index (χ1v) is 8.55. The van der Waals surface area contributed by atoms with E-state index in [1.807, 2.05) is 0 Å². The number of ether oxygens (including phenoxy) is 2. The van der Waals surface area contributed by atoms with Crippen molar-refractivity contribution < 1.29 is 44.6 Å². The minimum absolute atomic E-state index is 0.106. The fourth-order valence-electron chi connectivity index (χ4n) is 2.45. The predicted octanol–water partition coefficient (Wildman–Crippen LogP) is 6.65. The van der Waals surface area contributed by atoms with Gasteiger partial charge in [0.15, 0.2) is 5.82 Å². The van der Waals surface area contributed by atoms with E-state index in [2.05, 4.69) is 11.9 Å². The molecule has 0 spiro atoms. The van der Waals surface area contributed by atoms with E-state index < -0.39 is 40.8 Å². The third-order valence-electron chi connectivity index (χ3n) is 4.06. The standard InChI is InChI=1S/C20H17F8NO2/c1-11(2)29-17-15(21)8-13(18(22,23)19(24,25)20(26,27)28)9-16(17)31-10-12-4-6-14(30-3)7-5-12/h4-9,29H,1,10H2,2-3H3. The molecule has 2 aromatic rings. The highest BCUT2D eigenvalue weighted by Crippen LogP contribution is 2.52. The molecule has 0 fully saturated rings. The van der Waals surface area contributed by atoms with Gasteiger partial charge in [-0.2, -0.15) is 30.7 Å². The highest BCUT2D eigenvalue weighted by molar-refractivity contribution is 5.62. The van der Waals surface area contributed by atoms with Crippen LogP contribution >= 0.6 is 0 Å². The normalized spacial score (nSPS) is 12.5. The van der Waals surface area contributed by atoms with E-state index >= 15 is 0 Å². The molecule has 0 heterocycles. The molecule has 0 radical (unpaired) electrons. The molecule has 2 rings (SSSR count). The molecule has 1 N–H and O–H groups in total. The van der Waals surface area contributed by atoms with Crippen molar-refractivity contribution >= 4 is 5.69 Å². The quantitative estimate of drug-likeness (QED) is 0.453. The molecule has 0 aromatic heterocycles. The Bertz CT molecular complexity index is 939. The summed E-state index contributed by atoms with van der Waals surface area (Å²) in [5, 5.41) is 2.37. The Kier molecular flexibility index (Phi) is 6.77. The van der Waals surface area contributed by atoms with Crippen molar-refractivity contribution in [3.8, 4) is 11.5 Å². The van der Waals surface area contributed by atoms with Gasteiger partial charge in [0.05, 0.1) is 7.11 Å². The smallest absolute Gasteiger partial charge is 0.460 e. The average molecular weight is 455 g/mol. The first-order valence-electron chi connectivity index (χ1n) is 8.55. The number of rotatable bonds is 8. The zero-order chi connectivity index (χ0) is 23.6. The van der Waals surface area contributed by atoms with E-state index in [0.717, 1.165) is 0 Å². The number of allylic oxidation sites excluding steroid dienone is 1. The van der Waals surface area contributed by atoms with E-state index in [9.17, 15) is 35.1 Å². The largest absolute Gasteiger partial charge is 0.497 e. The Labute approximate surface area is 172 Å². The number of anilines is 1. The summed E-state index contributed by atoms with van der Waals surface area (Å²) < 4.78 is 117. The first-order chi connectivity index (χ1) is 14.2. The third-order valence-corrected chi connectivity index (χ3v) is 4.06. The molecule has 0 saturated carbocycles. The predicted molar refractivity (Wildman–Crippen MR) is 97.1 cm³/mol. The number of halogens is 8. The van der Waals surface area contributed by atoms with Crippen LogP contribution in [-0.2, 0) is 12.5 Å². The number of hydrogen-bond acceptors (Lipinski definition) is 3. The van der Waals surface area contributed by atoms with Crippen molar-refractivity contribution in [1.82, 2.24) is 0 Å². The molecule has 0 amide bonds. The molecule has 3 nitrogen and oxygen atoms in total. The summed E-state index contributed by atoms with van der Waals surface area (Å²) in [6, 6.07) is 6.26. The number of benzene rings is 2. The second kappa shape index (κ2) is 8.64. The molecule has 11 heteroatoms. The van der Waals surface area contributed by atoms with Crippen LogP contribution in [0.4, 0.5) is 40.8 Å². The van der Waals surface area contributed by atoms with Crippen LogP contribution in [0.15, 0.2) is 48.7 Å². The fraction of sp³-hybridized carbons (Fsp3) is 0.300. The summed E-state index contributed by atoms with van der Waals surface area (Å²) in [5.74, 6) is -13.9. The summed E-state index contributed by atoms with van der Waals surface area (Å²) >= 11 is 0. The Hall–Kier alpha value is -2.98. The highest BCUT2D eigenvalue weighted by atomic mass is 19.4. The zero-order valence-corrected chi connectivity index (χ0v) is 16.2. The fourth-order valence-corrected chi connectivity index (χ4v) is 2.45. The van der Waals surface area contributed by atoms with Crippen LogP contribution in [0, 0.1) is 5.82 Å². The van der Waals surface area contributed by atoms with Crippen molar-refractivity contribution in [2.75, 3.05) is 12.4 Å². The summed E-state index contributed by atoms with van der Waals surface area (Å²) in [6.45, 7) is 4.50. The molecule has 0 unspecified atom stereocenters. The van der Waals surface area contributed by atoms with Gasteiger partial charge in [-0.15, -0.1) is 0 Å². The lowest BCUT2D eigenvalue weighted by atomic mass is 10.0. The maximum atomic E-state index is 14.5. The van der Waals surface area contributed by atoms with Gasteiger partial charge < -0.3 is 14.8 Å². The first kappa shape index (κ1) is 24.3. The van der Waals surface area contributed by atoms with Gasteiger partial charge in [0.1, 0.15) is 23.8 Å². The Morgan fingerprint density at radius 3 is 2.06 bits per heavy atom. The molecule has 0 aliphatic heterocycles. The third kappa shape index (κ3) is 5.02. The van der Waals surface area contributed by atoms with Crippen molar-refractivity contribution in [3.63, 3.8) is 0 Å². The van der Waals surface area contributed by atoms with Gasteiger partial charge in [-0.25, -0.2) is 4.39 Å². The van der Waals surface area contributed by atoms with Crippen LogP contribution in [-0.4, -0.2) is 19.2 Å². The molecule has 2 aromatic carbocycles. The summed E-state index contributed by atoms with van der Waals surface area (Å²) in [7, 11) is 1.42. The van der Waals surface area contributed by atoms with Gasteiger partial charge in [-0.1, -0.05) is 18.7 Å². The van der Waals surface area contributed by atoms with Gasteiger partial charge in [-0.05, 0) is 36.8 Å².